The molecule has 0 fully saturated rings. The van der Waals surface area contributed by atoms with Crippen LogP contribution in [0.25, 0.3) is 0 Å². The lowest BCUT2D eigenvalue weighted by Gasteiger charge is -2.19. The highest BCUT2D eigenvalue weighted by molar-refractivity contribution is 14.0. The smallest absolute Gasteiger partial charge is 0.191 e. The second-order valence-electron chi connectivity index (χ2n) is 5.99. The number of aryl methyl sites for hydroxylation is 2. The summed E-state index contributed by atoms with van der Waals surface area (Å²) in [5.41, 5.74) is 2.20. The maximum atomic E-state index is 4.66. The van der Waals surface area contributed by atoms with E-state index in [2.05, 4.69) is 70.3 Å². The number of nitrogens with one attached hydrogen (secondary N) is 2. The van der Waals surface area contributed by atoms with Crippen LogP contribution in [0, 0.1) is 13.8 Å². The molecule has 0 saturated heterocycles. The Balaban J connectivity index is 0.00000364. The summed E-state index contributed by atoms with van der Waals surface area (Å²) < 4.78 is 0. The van der Waals surface area contributed by atoms with Crippen LogP contribution < -0.4 is 15.5 Å². The van der Waals surface area contributed by atoms with Crippen LogP contribution in [0.5, 0.6) is 0 Å². The number of aromatic nitrogens is 2. The fourth-order valence-electron chi connectivity index (χ4n) is 2.53. The molecule has 0 atom stereocenters. The number of anilines is 1. The highest BCUT2D eigenvalue weighted by Gasteiger charge is 2.06. The zero-order chi connectivity index (χ0) is 18.9. The normalized spacial score (nSPS) is 11.1. The van der Waals surface area contributed by atoms with Crippen molar-refractivity contribution in [1.82, 2.24) is 20.6 Å². The second kappa shape index (κ2) is 12.1. The van der Waals surface area contributed by atoms with Crippen molar-refractivity contribution in [2.24, 2.45) is 4.99 Å². The van der Waals surface area contributed by atoms with Gasteiger partial charge in [-0.15, -0.1) is 35.3 Å². The van der Waals surface area contributed by atoms with Crippen molar-refractivity contribution < 1.29 is 0 Å². The van der Waals surface area contributed by atoms with Gasteiger partial charge in [0.25, 0.3) is 0 Å². The van der Waals surface area contributed by atoms with Gasteiger partial charge < -0.3 is 15.5 Å². The van der Waals surface area contributed by atoms with Gasteiger partial charge in [0.05, 0.1) is 18.8 Å². The van der Waals surface area contributed by atoms with Gasteiger partial charge >= 0.3 is 0 Å². The fraction of sp³-hybridized carbons (Fsp3) is 0.526. The summed E-state index contributed by atoms with van der Waals surface area (Å²) in [4.78, 5) is 17.3. The molecule has 8 heteroatoms. The molecular weight excluding hydrogens is 471 g/mol. The number of guanidine groups is 1. The van der Waals surface area contributed by atoms with E-state index in [-0.39, 0.29) is 24.0 Å². The summed E-state index contributed by atoms with van der Waals surface area (Å²) in [5.74, 6) is 1.81. The predicted octanol–water partition coefficient (Wildman–Crippen LogP) is 3.87. The molecule has 0 spiro atoms. The van der Waals surface area contributed by atoms with Gasteiger partial charge in [0.1, 0.15) is 10.8 Å². The zero-order valence-corrected chi connectivity index (χ0v) is 20.0. The van der Waals surface area contributed by atoms with Gasteiger partial charge in [0, 0.05) is 30.7 Å². The van der Waals surface area contributed by atoms with E-state index in [1.807, 2.05) is 13.1 Å². The third-order valence-corrected chi connectivity index (χ3v) is 5.21. The van der Waals surface area contributed by atoms with E-state index in [0.29, 0.717) is 13.1 Å². The SMILES string of the molecule is CCNC(=NCc1ccc(N(CC)CC)nc1)NCc1nc(C)c(C)s1.I. The van der Waals surface area contributed by atoms with Gasteiger partial charge in [-0.25, -0.2) is 15.0 Å². The summed E-state index contributed by atoms with van der Waals surface area (Å²) in [6.07, 6.45) is 1.91. The Labute approximate surface area is 183 Å². The number of hydrogen-bond acceptors (Lipinski definition) is 5. The first kappa shape index (κ1) is 23.6. The summed E-state index contributed by atoms with van der Waals surface area (Å²) in [6, 6.07) is 4.17. The summed E-state index contributed by atoms with van der Waals surface area (Å²) >= 11 is 1.73. The van der Waals surface area contributed by atoms with Crippen LogP contribution in [-0.2, 0) is 13.1 Å². The van der Waals surface area contributed by atoms with Crippen LogP contribution in [0.4, 0.5) is 5.82 Å². The molecule has 2 rings (SSSR count). The van der Waals surface area contributed by atoms with Gasteiger partial charge in [-0.05, 0) is 46.2 Å². The van der Waals surface area contributed by atoms with Crippen molar-refractivity contribution in [2.45, 2.75) is 47.7 Å². The van der Waals surface area contributed by atoms with Crippen molar-refractivity contribution in [3.8, 4) is 0 Å². The molecule has 2 aromatic heterocycles. The standard InChI is InChI=1S/C19H30N6S.HI/c1-6-20-19(23-13-18-24-14(4)15(5)26-18)22-12-16-9-10-17(21-11-16)25(7-2)8-3;/h9-11H,6-8,12-13H2,1-5H3,(H2,20,22,23);1H. The van der Waals surface area contributed by atoms with E-state index >= 15 is 0 Å². The Bertz CT molecular complexity index is 690. The Morgan fingerprint density at radius 3 is 2.41 bits per heavy atom. The first-order chi connectivity index (χ1) is 12.6. The van der Waals surface area contributed by atoms with Crippen molar-refractivity contribution in [3.05, 3.63) is 39.5 Å². The Kier molecular flexibility index (Phi) is 10.6. The Morgan fingerprint density at radius 1 is 1.15 bits per heavy atom. The number of thiazole rings is 1. The quantitative estimate of drug-likeness (QED) is 0.326. The molecule has 2 aromatic rings. The number of halogens is 1. The van der Waals surface area contributed by atoms with Crippen LogP contribution >= 0.6 is 35.3 Å². The number of hydrogen-bond donors (Lipinski definition) is 2. The number of pyridine rings is 1. The minimum Gasteiger partial charge on any atom is -0.357 e. The number of nitrogens with zero attached hydrogens (tertiary/aromatic N) is 4. The monoisotopic (exact) mass is 502 g/mol. The van der Waals surface area contributed by atoms with E-state index in [9.17, 15) is 0 Å². The van der Waals surface area contributed by atoms with Gasteiger partial charge in [-0.3, -0.25) is 0 Å². The lowest BCUT2D eigenvalue weighted by molar-refractivity contribution is 0.808. The molecule has 150 valence electrons. The molecule has 0 aromatic carbocycles. The maximum absolute atomic E-state index is 4.66. The molecule has 0 saturated carbocycles. The summed E-state index contributed by atoms with van der Waals surface area (Å²) in [7, 11) is 0. The third kappa shape index (κ3) is 7.25. The molecule has 6 nitrogen and oxygen atoms in total. The van der Waals surface area contributed by atoms with E-state index in [1.54, 1.807) is 11.3 Å². The highest BCUT2D eigenvalue weighted by atomic mass is 127. The van der Waals surface area contributed by atoms with E-state index in [1.165, 1.54) is 4.88 Å². The molecule has 0 aliphatic rings. The van der Waals surface area contributed by atoms with Gasteiger partial charge in [-0.2, -0.15) is 0 Å². The first-order valence-electron chi connectivity index (χ1n) is 9.22. The molecule has 0 aliphatic carbocycles. The number of aliphatic imine (C=N–C) groups is 1. The molecular formula is C19H31IN6S. The van der Waals surface area contributed by atoms with Crippen molar-refractivity contribution in [3.63, 3.8) is 0 Å². The third-order valence-electron chi connectivity index (χ3n) is 4.14. The van der Waals surface area contributed by atoms with E-state index in [4.69, 9.17) is 0 Å². The molecule has 0 aliphatic heterocycles. The van der Waals surface area contributed by atoms with Gasteiger partial charge in [-0.1, -0.05) is 6.07 Å². The van der Waals surface area contributed by atoms with E-state index < -0.39 is 0 Å². The predicted molar refractivity (Wildman–Crippen MR) is 126 cm³/mol. The van der Waals surface area contributed by atoms with Crippen molar-refractivity contribution in [2.75, 3.05) is 24.5 Å². The Morgan fingerprint density at radius 2 is 1.89 bits per heavy atom. The van der Waals surface area contributed by atoms with Gasteiger partial charge in [0.15, 0.2) is 5.96 Å². The minimum absolute atomic E-state index is 0. The molecule has 27 heavy (non-hydrogen) atoms. The molecule has 2 heterocycles. The molecule has 0 bridgehead atoms. The second-order valence-corrected chi connectivity index (χ2v) is 7.28. The first-order valence-corrected chi connectivity index (χ1v) is 10.0. The Hall–Kier alpha value is -1.42. The van der Waals surface area contributed by atoms with E-state index in [0.717, 1.165) is 47.7 Å². The maximum Gasteiger partial charge on any atom is 0.191 e. The van der Waals surface area contributed by atoms with Crippen molar-refractivity contribution >= 4 is 47.1 Å². The van der Waals surface area contributed by atoms with Crippen LogP contribution in [0.2, 0.25) is 0 Å². The van der Waals surface area contributed by atoms with Crippen LogP contribution in [0.1, 0.15) is 41.9 Å². The average Bonchev–Trinajstić information content (AvgIpc) is 2.97. The van der Waals surface area contributed by atoms with Gasteiger partial charge in [0.2, 0.25) is 0 Å². The molecule has 2 N–H and O–H groups in total. The molecule has 0 radical (unpaired) electrons. The lowest BCUT2D eigenvalue weighted by atomic mass is 10.3. The average molecular weight is 502 g/mol. The highest BCUT2D eigenvalue weighted by Crippen LogP contribution is 2.16. The minimum atomic E-state index is 0. The van der Waals surface area contributed by atoms with Crippen LogP contribution in [-0.4, -0.2) is 35.6 Å². The summed E-state index contributed by atoms with van der Waals surface area (Å²) in [5, 5.41) is 7.71. The van der Waals surface area contributed by atoms with Crippen LogP contribution in [0.3, 0.4) is 0 Å². The zero-order valence-electron chi connectivity index (χ0n) is 16.9. The van der Waals surface area contributed by atoms with Crippen LogP contribution in [0.15, 0.2) is 23.3 Å². The summed E-state index contributed by atoms with van der Waals surface area (Å²) in [6.45, 7) is 14.5. The topological polar surface area (TPSA) is 65.4 Å². The largest absolute Gasteiger partial charge is 0.357 e. The van der Waals surface area contributed by atoms with Crippen molar-refractivity contribution in [1.29, 1.82) is 0 Å². The molecule has 0 unspecified atom stereocenters. The fourth-order valence-corrected chi connectivity index (χ4v) is 3.40. The lowest BCUT2D eigenvalue weighted by Crippen LogP contribution is -2.36. The molecule has 0 amide bonds. The number of rotatable bonds is 8.